The minimum atomic E-state index is -1.07. The molecule has 1 atom stereocenters. The van der Waals surface area contributed by atoms with E-state index in [1.165, 1.54) is 13.8 Å². The van der Waals surface area contributed by atoms with E-state index in [-0.39, 0.29) is 6.73 Å². The van der Waals surface area contributed by atoms with Gasteiger partial charge in [0.1, 0.15) is 6.04 Å². The van der Waals surface area contributed by atoms with Crippen LogP contribution in [0.15, 0.2) is 5.16 Å². The minimum absolute atomic E-state index is 0.310. The first kappa shape index (κ1) is 28.7. The van der Waals surface area contributed by atoms with E-state index in [1.54, 1.807) is 13.8 Å². The Morgan fingerprint density at radius 3 is 1.85 bits per heavy atom. The van der Waals surface area contributed by atoms with Crippen LogP contribution in [0.2, 0.25) is 0 Å². The van der Waals surface area contributed by atoms with Crippen LogP contribution in [0.4, 0.5) is 0 Å². The molecular formula is C18H36N2O6. The van der Waals surface area contributed by atoms with Crippen molar-refractivity contribution in [3.8, 4) is 0 Å². The summed E-state index contributed by atoms with van der Waals surface area (Å²) in [6.07, 6.45) is 4.13. The lowest BCUT2D eigenvalue weighted by molar-refractivity contribution is -0.161. The number of rotatable bonds is 9. The van der Waals surface area contributed by atoms with E-state index in [9.17, 15) is 19.5 Å². The highest BCUT2D eigenvalue weighted by atomic mass is 16.5. The zero-order chi connectivity index (χ0) is 21.1. The molecule has 0 aromatic rings. The van der Waals surface area contributed by atoms with Gasteiger partial charge in [0, 0.05) is 13.8 Å². The molecular weight excluding hydrogens is 340 g/mol. The first-order valence-corrected chi connectivity index (χ1v) is 8.95. The molecule has 0 aliphatic rings. The topological polar surface area (TPSA) is 116 Å². The van der Waals surface area contributed by atoms with Gasteiger partial charge in [-0.05, 0) is 20.3 Å². The zero-order valence-corrected chi connectivity index (χ0v) is 17.2. The molecule has 0 rings (SSSR count). The summed E-state index contributed by atoms with van der Waals surface area (Å²) in [4.78, 5) is 34.5. The van der Waals surface area contributed by atoms with Gasteiger partial charge in [-0.3, -0.25) is 14.5 Å². The van der Waals surface area contributed by atoms with Gasteiger partial charge in [0.2, 0.25) is 5.91 Å². The number of hydrogen-bond acceptors (Lipinski definition) is 6. The van der Waals surface area contributed by atoms with Gasteiger partial charge in [-0.25, -0.2) is 4.79 Å². The monoisotopic (exact) mass is 376 g/mol. The van der Waals surface area contributed by atoms with Gasteiger partial charge >= 0.3 is 11.9 Å². The summed E-state index contributed by atoms with van der Waals surface area (Å²) >= 11 is 0. The molecule has 2 N–H and O–H groups in total. The molecule has 0 aromatic heterocycles. The summed E-state index contributed by atoms with van der Waals surface area (Å²) < 4.78 is 4.73. The highest BCUT2D eigenvalue weighted by Gasteiger charge is 2.27. The Morgan fingerprint density at radius 1 is 1.04 bits per heavy atom. The number of unbranched alkanes of at least 4 members (excludes halogenated alkanes) is 3. The maximum absolute atomic E-state index is 11.5. The first-order valence-electron chi connectivity index (χ1n) is 8.95. The normalized spacial score (nSPS) is 10.1. The van der Waals surface area contributed by atoms with E-state index >= 15 is 0 Å². The second-order valence-corrected chi connectivity index (χ2v) is 5.50. The van der Waals surface area contributed by atoms with Crippen molar-refractivity contribution in [2.75, 3.05) is 6.73 Å². The van der Waals surface area contributed by atoms with Crippen molar-refractivity contribution >= 4 is 23.6 Å². The smallest absolute Gasteiger partial charge is 0.326 e. The van der Waals surface area contributed by atoms with Gasteiger partial charge in [-0.15, -0.1) is 0 Å². The maximum Gasteiger partial charge on any atom is 0.326 e. The van der Waals surface area contributed by atoms with E-state index in [1.807, 2.05) is 13.8 Å². The van der Waals surface area contributed by atoms with Crippen LogP contribution >= 0.6 is 0 Å². The third-order valence-electron chi connectivity index (χ3n) is 3.00. The number of carbonyl (C=O) groups is 3. The van der Waals surface area contributed by atoms with Gasteiger partial charge in [0.15, 0.2) is 6.73 Å². The molecule has 0 unspecified atom stereocenters. The van der Waals surface area contributed by atoms with E-state index < -0.39 is 23.9 Å². The summed E-state index contributed by atoms with van der Waals surface area (Å²) in [5, 5.41) is 19.7. The minimum Gasteiger partial charge on any atom is -0.480 e. The van der Waals surface area contributed by atoms with Crippen molar-refractivity contribution in [2.45, 2.75) is 86.6 Å². The second-order valence-electron chi connectivity index (χ2n) is 5.50. The Hall–Kier alpha value is -2.12. The van der Waals surface area contributed by atoms with E-state index in [2.05, 4.69) is 12.1 Å². The summed E-state index contributed by atoms with van der Waals surface area (Å²) in [5.41, 5.74) is 0.685. The number of oxime groups is 1. The molecule has 0 bridgehead atoms. The van der Waals surface area contributed by atoms with Crippen molar-refractivity contribution in [1.82, 2.24) is 4.90 Å². The molecule has 1 amide bonds. The van der Waals surface area contributed by atoms with Crippen molar-refractivity contribution in [1.29, 1.82) is 0 Å². The Kier molecular flexibility index (Phi) is 21.2. The molecule has 8 nitrogen and oxygen atoms in total. The van der Waals surface area contributed by atoms with Crippen molar-refractivity contribution in [3.05, 3.63) is 0 Å². The largest absolute Gasteiger partial charge is 0.480 e. The molecule has 0 saturated heterocycles. The zero-order valence-electron chi connectivity index (χ0n) is 17.2. The molecule has 0 saturated carbocycles. The number of aliphatic carboxylic acids is 1. The number of carbonyl (C=O) groups excluding carboxylic acids is 2. The third-order valence-corrected chi connectivity index (χ3v) is 3.00. The molecule has 0 aromatic carbocycles. The summed E-state index contributed by atoms with van der Waals surface area (Å²) in [6, 6.07) is -0.936. The van der Waals surface area contributed by atoms with Crippen LogP contribution in [-0.2, 0) is 19.1 Å². The summed E-state index contributed by atoms with van der Waals surface area (Å²) in [7, 11) is 0. The van der Waals surface area contributed by atoms with Crippen molar-refractivity contribution < 1.29 is 29.4 Å². The Balaban J connectivity index is -0.000000645. The Morgan fingerprint density at radius 2 is 1.54 bits per heavy atom. The number of hydrogen-bond donors (Lipinski definition) is 2. The fourth-order valence-electron chi connectivity index (χ4n) is 1.74. The summed E-state index contributed by atoms with van der Waals surface area (Å²) in [5.74, 6) is -2.02. The van der Waals surface area contributed by atoms with Gasteiger partial charge in [-0.1, -0.05) is 51.6 Å². The highest BCUT2D eigenvalue weighted by Crippen LogP contribution is 2.12. The first-order chi connectivity index (χ1) is 12.2. The molecule has 0 aliphatic carbocycles. The lowest BCUT2D eigenvalue weighted by atomic mass is 10.1. The number of esters is 1. The molecule has 0 aliphatic heterocycles. The fraction of sp³-hybridized carbons (Fsp3) is 0.778. The van der Waals surface area contributed by atoms with Gasteiger partial charge in [0.05, 0.1) is 5.71 Å². The average molecular weight is 376 g/mol. The SMILES string of the molecule is CC.CC(C)=NO.CCCCCC[C@@H](C(=O)O)N(COC(C)=O)C(C)=O. The fourth-order valence-corrected chi connectivity index (χ4v) is 1.74. The third kappa shape index (κ3) is 18.2. The molecule has 0 radical (unpaired) electrons. The van der Waals surface area contributed by atoms with E-state index in [0.29, 0.717) is 12.1 Å². The van der Waals surface area contributed by atoms with Crippen LogP contribution < -0.4 is 0 Å². The van der Waals surface area contributed by atoms with Gasteiger partial charge in [0.25, 0.3) is 0 Å². The van der Waals surface area contributed by atoms with Gasteiger partial charge < -0.3 is 15.1 Å². The quantitative estimate of drug-likeness (QED) is 0.158. The molecule has 154 valence electrons. The van der Waals surface area contributed by atoms with Crippen LogP contribution in [0.3, 0.4) is 0 Å². The van der Waals surface area contributed by atoms with Crippen molar-refractivity contribution in [3.63, 3.8) is 0 Å². The standard InChI is InChI=1S/C13H23NO5.C3H7NO.C2H6/c1-4-5-6-7-8-12(13(17)18)14(10(2)15)9-19-11(3)16;1-3(2)4-5;1-2/h12H,4-9H2,1-3H3,(H,17,18);5H,1-2H3;1-2H3/t12-;;/m0../s1. The average Bonchev–Trinajstić information content (AvgIpc) is 2.58. The molecule has 26 heavy (non-hydrogen) atoms. The number of carboxylic acids is 1. The lowest BCUT2D eigenvalue weighted by Gasteiger charge is -2.27. The van der Waals surface area contributed by atoms with Crippen LogP contribution in [0, 0.1) is 0 Å². The van der Waals surface area contributed by atoms with Crippen LogP contribution in [0.25, 0.3) is 0 Å². The Bertz CT molecular complexity index is 420. The summed E-state index contributed by atoms with van der Waals surface area (Å²) in [6.45, 7) is 11.7. The predicted octanol–water partition coefficient (Wildman–Crippen LogP) is 3.66. The predicted molar refractivity (Wildman–Crippen MR) is 101 cm³/mol. The number of amides is 1. The number of nitrogens with zero attached hydrogens (tertiary/aromatic N) is 2. The van der Waals surface area contributed by atoms with Crippen LogP contribution in [-0.4, -0.2) is 51.5 Å². The Labute approximate surface area is 157 Å². The molecule has 0 spiro atoms. The van der Waals surface area contributed by atoms with Crippen LogP contribution in [0.1, 0.15) is 80.6 Å². The van der Waals surface area contributed by atoms with E-state index in [0.717, 1.165) is 30.6 Å². The molecule has 0 heterocycles. The number of carboxylic acid groups (broad SMARTS) is 1. The molecule has 0 fully saturated rings. The van der Waals surface area contributed by atoms with Crippen molar-refractivity contribution in [2.24, 2.45) is 5.16 Å². The second kappa shape index (κ2) is 19.2. The van der Waals surface area contributed by atoms with Gasteiger partial charge in [-0.2, -0.15) is 0 Å². The van der Waals surface area contributed by atoms with Crippen LogP contribution in [0.5, 0.6) is 0 Å². The molecule has 8 heteroatoms. The highest BCUT2D eigenvalue weighted by molar-refractivity contribution is 5.82. The number of ether oxygens (including phenoxy) is 1. The maximum atomic E-state index is 11.5. The lowest BCUT2D eigenvalue weighted by Crippen LogP contribution is -2.45. The van der Waals surface area contributed by atoms with E-state index in [4.69, 9.17) is 9.94 Å².